The first-order chi connectivity index (χ1) is 12.2. The zero-order valence-electron chi connectivity index (χ0n) is 13.9. The molecule has 1 fully saturated rings. The SMILES string of the molecule is O=C(CCOc1ccc(Cl)cc1)NCc1ccc(OCC2CC2)nc1. The highest BCUT2D eigenvalue weighted by Gasteiger charge is 2.22. The van der Waals surface area contributed by atoms with Gasteiger partial charge in [-0.1, -0.05) is 17.7 Å². The van der Waals surface area contributed by atoms with Gasteiger partial charge < -0.3 is 14.8 Å². The van der Waals surface area contributed by atoms with Crippen molar-refractivity contribution in [2.24, 2.45) is 5.92 Å². The van der Waals surface area contributed by atoms with Crippen LogP contribution < -0.4 is 14.8 Å². The fourth-order valence-electron chi connectivity index (χ4n) is 2.17. The Balaban J connectivity index is 1.33. The number of nitrogens with zero attached hydrogens (tertiary/aromatic N) is 1. The largest absolute Gasteiger partial charge is 0.493 e. The van der Waals surface area contributed by atoms with E-state index in [1.54, 1.807) is 30.5 Å². The van der Waals surface area contributed by atoms with Gasteiger partial charge in [-0.05, 0) is 48.6 Å². The molecule has 0 atom stereocenters. The van der Waals surface area contributed by atoms with Crippen molar-refractivity contribution in [1.82, 2.24) is 10.3 Å². The van der Waals surface area contributed by atoms with E-state index in [1.165, 1.54) is 12.8 Å². The lowest BCUT2D eigenvalue weighted by Crippen LogP contribution is -2.24. The Morgan fingerprint density at radius 1 is 1.16 bits per heavy atom. The number of rotatable bonds is 9. The minimum atomic E-state index is -0.0666. The van der Waals surface area contributed by atoms with Gasteiger partial charge in [-0.3, -0.25) is 4.79 Å². The van der Waals surface area contributed by atoms with Crippen molar-refractivity contribution in [1.29, 1.82) is 0 Å². The maximum absolute atomic E-state index is 11.9. The molecular weight excluding hydrogens is 340 g/mol. The normalized spacial score (nSPS) is 13.3. The fourth-order valence-corrected chi connectivity index (χ4v) is 2.30. The molecule has 6 heteroatoms. The van der Waals surface area contributed by atoms with Crippen LogP contribution in [0.1, 0.15) is 24.8 Å². The zero-order chi connectivity index (χ0) is 17.5. The number of carbonyl (C=O) groups is 1. The van der Waals surface area contributed by atoms with Crippen molar-refractivity contribution in [2.75, 3.05) is 13.2 Å². The molecule has 0 bridgehead atoms. The minimum Gasteiger partial charge on any atom is -0.493 e. The maximum atomic E-state index is 11.9. The predicted octanol–water partition coefficient (Wildman–Crippen LogP) is 3.61. The van der Waals surface area contributed by atoms with Gasteiger partial charge in [0.25, 0.3) is 0 Å². The summed E-state index contributed by atoms with van der Waals surface area (Å²) in [5.41, 5.74) is 0.936. The molecule has 1 saturated carbocycles. The highest BCUT2D eigenvalue weighted by Crippen LogP contribution is 2.29. The van der Waals surface area contributed by atoms with Gasteiger partial charge in [0.2, 0.25) is 11.8 Å². The monoisotopic (exact) mass is 360 g/mol. The van der Waals surface area contributed by atoms with Crippen LogP contribution in [0.25, 0.3) is 0 Å². The Morgan fingerprint density at radius 2 is 1.96 bits per heavy atom. The van der Waals surface area contributed by atoms with E-state index >= 15 is 0 Å². The minimum absolute atomic E-state index is 0.0666. The van der Waals surface area contributed by atoms with E-state index in [-0.39, 0.29) is 5.91 Å². The molecule has 1 aromatic carbocycles. The van der Waals surface area contributed by atoms with Crippen LogP contribution in [-0.2, 0) is 11.3 Å². The Morgan fingerprint density at radius 3 is 2.64 bits per heavy atom. The molecule has 1 aromatic heterocycles. The Kier molecular flexibility index (Phi) is 6.12. The van der Waals surface area contributed by atoms with Crippen molar-refractivity contribution in [2.45, 2.75) is 25.8 Å². The van der Waals surface area contributed by atoms with Gasteiger partial charge in [-0.15, -0.1) is 0 Å². The standard InChI is InChI=1S/C19H21ClN2O3/c20-16-4-6-17(7-5-16)24-10-9-18(23)21-11-15-3-8-19(22-12-15)25-13-14-1-2-14/h3-8,12,14H,1-2,9-11,13H2,(H,21,23). The van der Waals surface area contributed by atoms with Crippen molar-refractivity contribution in [3.63, 3.8) is 0 Å². The molecule has 1 aliphatic rings. The van der Waals surface area contributed by atoms with Crippen LogP contribution in [-0.4, -0.2) is 24.1 Å². The van der Waals surface area contributed by atoms with Gasteiger partial charge in [0.05, 0.1) is 19.6 Å². The van der Waals surface area contributed by atoms with Crippen LogP contribution in [0.5, 0.6) is 11.6 Å². The molecule has 25 heavy (non-hydrogen) atoms. The maximum Gasteiger partial charge on any atom is 0.223 e. The Labute approximate surface area is 152 Å². The third-order valence-corrected chi connectivity index (χ3v) is 4.11. The Hall–Kier alpha value is -2.27. The number of carbonyl (C=O) groups excluding carboxylic acids is 1. The van der Waals surface area contributed by atoms with Crippen LogP contribution in [0.15, 0.2) is 42.6 Å². The van der Waals surface area contributed by atoms with Gasteiger partial charge in [0, 0.05) is 23.8 Å². The molecule has 0 unspecified atom stereocenters. The van der Waals surface area contributed by atoms with Gasteiger partial charge in [-0.25, -0.2) is 4.98 Å². The lowest BCUT2D eigenvalue weighted by Gasteiger charge is -2.08. The molecule has 0 radical (unpaired) electrons. The van der Waals surface area contributed by atoms with Crippen molar-refractivity contribution >= 4 is 17.5 Å². The number of ether oxygens (including phenoxy) is 2. The second-order valence-corrected chi connectivity index (χ2v) is 6.52. The van der Waals surface area contributed by atoms with Gasteiger partial charge >= 0.3 is 0 Å². The third kappa shape index (κ3) is 6.27. The number of nitrogens with one attached hydrogen (secondary N) is 1. The number of aromatic nitrogens is 1. The summed E-state index contributed by atoms with van der Waals surface area (Å²) < 4.78 is 11.1. The Bertz CT molecular complexity index is 685. The summed E-state index contributed by atoms with van der Waals surface area (Å²) in [6.07, 6.45) is 4.53. The van der Waals surface area contributed by atoms with Crippen LogP contribution in [0.2, 0.25) is 5.02 Å². The van der Waals surface area contributed by atoms with Crippen LogP contribution in [0, 0.1) is 5.92 Å². The van der Waals surface area contributed by atoms with E-state index in [0.29, 0.717) is 42.1 Å². The molecule has 2 aromatic rings. The first kappa shape index (κ1) is 17.5. The van der Waals surface area contributed by atoms with E-state index in [2.05, 4.69) is 10.3 Å². The highest BCUT2D eigenvalue weighted by atomic mass is 35.5. The molecular formula is C19H21ClN2O3. The summed E-state index contributed by atoms with van der Waals surface area (Å²) >= 11 is 5.81. The van der Waals surface area contributed by atoms with Gasteiger partial charge in [0.15, 0.2) is 0 Å². The number of halogens is 1. The number of hydrogen-bond donors (Lipinski definition) is 1. The quantitative estimate of drug-likeness (QED) is 0.742. The topological polar surface area (TPSA) is 60.5 Å². The average molecular weight is 361 g/mol. The molecule has 1 aliphatic carbocycles. The molecule has 0 spiro atoms. The molecule has 1 amide bonds. The summed E-state index contributed by atoms with van der Waals surface area (Å²) in [4.78, 5) is 16.1. The molecule has 3 rings (SSSR count). The van der Waals surface area contributed by atoms with E-state index in [0.717, 1.165) is 12.2 Å². The van der Waals surface area contributed by atoms with Crippen LogP contribution in [0.4, 0.5) is 0 Å². The van der Waals surface area contributed by atoms with Gasteiger partial charge in [-0.2, -0.15) is 0 Å². The van der Waals surface area contributed by atoms with Crippen molar-refractivity contribution < 1.29 is 14.3 Å². The highest BCUT2D eigenvalue weighted by molar-refractivity contribution is 6.30. The number of hydrogen-bond acceptors (Lipinski definition) is 4. The molecule has 132 valence electrons. The summed E-state index contributed by atoms with van der Waals surface area (Å²) in [5, 5.41) is 3.51. The number of benzene rings is 1. The average Bonchev–Trinajstić information content (AvgIpc) is 3.45. The lowest BCUT2D eigenvalue weighted by atomic mass is 10.3. The molecule has 5 nitrogen and oxygen atoms in total. The smallest absolute Gasteiger partial charge is 0.223 e. The second kappa shape index (κ2) is 8.72. The predicted molar refractivity (Wildman–Crippen MR) is 95.9 cm³/mol. The van der Waals surface area contributed by atoms with Crippen molar-refractivity contribution in [3.8, 4) is 11.6 Å². The molecule has 1 N–H and O–H groups in total. The molecule has 0 saturated heterocycles. The van der Waals surface area contributed by atoms with Crippen molar-refractivity contribution in [3.05, 3.63) is 53.2 Å². The molecule has 1 heterocycles. The summed E-state index contributed by atoms with van der Waals surface area (Å²) in [5.74, 6) is 1.97. The second-order valence-electron chi connectivity index (χ2n) is 6.09. The van der Waals surface area contributed by atoms with Crippen LogP contribution >= 0.6 is 11.6 Å². The van der Waals surface area contributed by atoms with E-state index < -0.39 is 0 Å². The van der Waals surface area contributed by atoms with E-state index in [4.69, 9.17) is 21.1 Å². The van der Waals surface area contributed by atoms with Gasteiger partial charge in [0.1, 0.15) is 5.75 Å². The third-order valence-electron chi connectivity index (χ3n) is 3.86. The first-order valence-electron chi connectivity index (χ1n) is 8.42. The lowest BCUT2D eigenvalue weighted by molar-refractivity contribution is -0.121. The summed E-state index contributed by atoms with van der Waals surface area (Å²) in [7, 11) is 0. The summed E-state index contributed by atoms with van der Waals surface area (Å²) in [6.45, 7) is 1.51. The number of amides is 1. The van der Waals surface area contributed by atoms with Crippen LogP contribution in [0.3, 0.4) is 0 Å². The van der Waals surface area contributed by atoms with E-state index in [9.17, 15) is 4.79 Å². The zero-order valence-corrected chi connectivity index (χ0v) is 14.7. The summed E-state index contributed by atoms with van der Waals surface area (Å²) in [6, 6.07) is 10.8. The molecule has 0 aliphatic heterocycles. The number of pyridine rings is 1. The van der Waals surface area contributed by atoms with E-state index in [1.807, 2.05) is 12.1 Å². The first-order valence-corrected chi connectivity index (χ1v) is 8.79. The fraction of sp³-hybridized carbons (Fsp3) is 0.368.